The van der Waals surface area contributed by atoms with Crippen molar-refractivity contribution in [1.82, 2.24) is 5.32 Å². The first-order valence-electron chi connectivity index (χ1n) is 6.02. The van der Waals surface area contributed by atoms with Crippen LogP contribution in [0.5, 0.6) is 5.75 Å². The third-order valence-electron chi connectivity index (χ3n) is 2.63. The summed E-state index contributed by atoms with van der Waals surface area (Å²) >= 11 is 0. The third-order valence-corrected chi connectivity index (χ3v) is 2.63. The van der Waals surface area contributed by atoms with Gasteiger partial charge in [0.05, 0.1) is 7.11 Å². The Balaban J connectivity index is 2.56. The maximum atomic E-state index is 12.0. The Hall–Kier alpha value is -1.75. The maximum Gasteiger partial charge on any atom is 0.257 e. The quantitative estimate of drug-likeness (QED) is 0.502. The molecule has 0 saturated heterocycles. The predicted octanol–water partition coefficient (Wildman–Crippen LogP) is 1.17. The van der Waals surface area contributed by atoms with Crippen LogP contribution in [0.4, 0.5) is 5.69 Å². The summed E-state index contributed by atoms with van der Waals surface area (Å²) in [5.41, 5.74) is 6.56. The highest BCUT2D eigenvalue weighted by molar-refractivity contribution is 6.01. The Morgan fingerprint density at radius 3 is 2.83 bits per heavy atom. The van der Waals surface area contributed by atoms with Gasteiger partial charge in [0.15, 0.2) is 0 Å². The number of nitrogens with two attached hydrogens (primary N) is 1. The molecule has 18 heavy (non-hydrogen) atoms. The molecule has 1 rings (SSSR count). The number of carbonyl (C=O) groups is 1. The number of hydrogen-bond donors (Lipinski definition) is 3. The van der Waals surface area contributed by atoms with Crippen LogP contribution in [0.25, 0.3) is 0 Å². The van der Waals surface area contributed by atoms with Crippen molar-refractivity contribution in [3.63, 3.8) is 0 Å². The topological polar surface area (TPSA) is 84.6 Å². The summed E-state index contributed by atoms with van der Waals surface area (Å²) in [6.07, 6.45) is 2.48. The van der Waals surface area contributed by atoms with Gasteiger partial charge < -0.3 is 20.9 Å². The smallest absolute Gasteiger partial charge is 0.257 e. The SMILES string of the molecule is COc1cccc(N)c1C(=O)NCCCCCO. The first-order valence-corrected chi connectivity index (χ1v) is 6.02. The minimum Gasteiger partial charge on any atom is -0.496 e. The first-order chi connectivity index (χ1) is 8.70. The monoisotopic (exact) mass is 252 g/mol. The number of amides is 1. The van der Waals surface area contributed by atoms with Crippen molar-refractivity contribution < 1.29 is 14.6 Å². The highest BCUT2D eigenvalue weighted by Crippen LogP contribution is 2.23. The lowest BCUT2D eigenvalue weighted by molar-refractivity contribution is 0.0951. The molecule has 5 heteroatoms. The van der Waals surface area contributed by atoms with Gasteiger partial charge in [-0.2, -0.15) is 0 Å². The van der Waals surface area contributed by atoms with Crippen molar-refractivity contribution in [3.8, 4) is 5.75 Å². The van der Waals surface area contributed by atoms with E-state index in [0.717, 1.165) is 19.3 Å². The standard InChI is InChI=1S/C13H20N2O3/c1-18-11-7-5-6-10(14)12(11)13(17)15-8-3-2-4-9-16/h5-7,16H,2-4,8-9,14H2,1H3,(H,15,17). The number of anilines is 1. The van der Waals surface area contributed by atoms with E-state index in [1.807, 2.05) is 0 Å². The van der Waals surface area contributed by atoms with Crippen molar-refractivity contribution in [1.29, 1.82) is 0 Å². The molecule has 0 saturated carbocycles. The second kappa shape index (κ2) is 7.55. The highest BCUT2D eigenvalue weighted by Gasteiger charge is 2.14. The van der Waals surface area contributed by atoms with Crippen LogP contribution < -0.4 is 15.8 Å². The summed E-state index contributed by atoms with van der Waals surface area (Å²) in [5.74, 6) is 0.247. The summed E-state index contributed by atoms with van der Waals surface area (Å²) < 4.78 is 5.12. The Labute approximate surface area is 107 Å². The molecule has 0 radical (unpaired) electrons. The number of rotatable bonds is 7. The van der Waals surface area contributed by atoms with Crippen molar-refractivity contribution in [3.05, 3.63) is 23.8 Å². The van der Waals surface area contributed by atoms with Gasteiger partial charge in [0.2, 0.25) is 0 Å². The first kappa shape index (κ1) is 14.3. The molecule has 0 unspecified atom stereocenters. The summed E-state index contributed by atoms with van der Waals surface area (Å²) in [6, 6.07) is 5.12. The largest absolute Gasteiger partial charge is 0.496 e. The summed E-state index contributed by atoms with van der Waals surface area (Å²) in [7, 11) is 1.51. The Bertz CT molecular complexity index is 394. The molecule has 4 N–H and O–H groups in total. The van der Waals surface area contributed by atoms with Crippen LogP contribution in [-0.2, 0) is 0 Å². The number of aliphatic hydroxyl groups is 1. The second-order valence-corrected chi connectivity index (χ2v) is 3.96. The molecule has 1 amide bonds. The number of nitrogen functional groups attached to an aromatic ring is 1. The van der Waals surface area contributed by atoms with Crippen molar-refractivity contribution in [2.24, 2.45) is 0 Å². The van der Waals surface area contributed by atoms with E-state index in [4.69, 9.17) is 15.6 Å². The minimum atomic E-state index is -0.228. The molecule has 0 bridgehead atoms. The molecule has 0 fully saturated rings. The molecule has 1 aromatic rings. The zero-order valence-electron chi connectivity index (χ0n) is 10.6. The lowest BCUT2D eigenvalue weighted by Gasteiger charge is -2.11. The van der Waals surface area contributed by atoms with E-state index in [1.165, 1.54) is 7.11 Å². The number of carbonyl (C=O) groups excluding carboxylic acids is 1. The third kappa shape index (κ3) is 3.92. The summed E-state index contributed by atoms with van der Waals surface area (Å²) in [4.78, 5) is 12.0. The Morgan fingerprint density at radius 1 is 1.39 bits per heavy atom. The summed E-state index contributed by atoms with van der Waals surface area (Å²) in [5, 5.41) is 11.4. The number of benzene rings is 1. The molecule has 0 aromatic heterocycles. The van der Waals surface area contributed by atoms with Gasteiger partial charge in [0.25, 0.3) is 5.91 Å². The molecular formula is C13H20N2O3. The van der Waals surface area contributed by atoms with Crippen LogP contribution in [0, 0.1) is 0 Å². The lowest BCUT2D eigenvalue weighted by atomic mass is 10.1. The van der Waals surface area contributed by atoms with Gasteiger partial charge in [-0.1, -0.05) is 6.07 Å². The van der Waals surface area contributed by atoms with E-state index >= 15 is 0 Å². The van der Waals surface area contributed by atoms with Crippen LogP contribution in [0.3, 0.4) is 0 Å². The van der Waals surface area contributed by atoms with Crippen molar-refractivity contribution in [2.45, 2.75) is 19.3 Å². The van der Waals surface area contributed by atoms with Gasteiger partial charge in [0, 0.05) is 18.8 Å². The molecule has 0 aliphatic rings. The molecule has 0 heterocycles. The number of methoxy groups -OCH3 is 1. The van der Waals surface area contributed by atoms with E-state index in [0.29, 0.717) is 23.5 Å². The number of aliphatic hydroxyl groups excluding tert-OH is 1. The minimum absolute atomic E-state index is 0.188. The number of unbranched alkanes of at least 4 members (excludes halogenated alkanes) is 2. The second-order valence-electron chi connectivity index (χ2n) is 3.96. The van der Waals surface area contributed by atoms with E-state index in [2.05, 4.69) is 5.32 Å². The average molecular weight is 252 g/mol. The predicted molar refractivity (Wildman–Crippen MR) is 70.7 cm³/mol. The fourth-order valence-corrected chi connectivity index (χ4v) is 1.67. The van der Waals surface area contributed by atoms with Crippen molar-refractivity contribution >= 4 is 11.6 Å². The van der Waals surface area contributed by atoms with Gasteiger partial charge in [-0.15, -0.1) is 0 Å². The fraction of sp³-hybridized carbons (Fsp3) is 0.462. The van der Waals surface area contributed by atoms with Gasteiger partial charge in [-0.05, 0) is 31.4 Å². The van der Waals surface area contributed by atoms with Gasteiger partial charge in [0.1, 0.15) is 11.3 Å². The molecular weight excluding hydrogens is 232 g/mol. The number of hydrogen-bond acceptors (Lipinski definition) is 4. The van der Waals surface area contributed by atoms with Gasteiger partial charge >= 0.3 is 0 Å². The van der Waals surface area contributed by atoms with E-state index in [-0.39, 0.29) is 12.5 Å². The Morgan fingerprint density at radius 2 is 2.17 bits per heavy atom. The van der Waals surface area contributed by atoms with Gasteiger partial charge in [-0.25, -0.2) is 0 Å². The zero-order valence-corrected chi connectivity index (χ0v) is 10.6. The lowest BCUT2D eigenvalue weighted by Crippen LogP contribution is -2.25. The van der Waals surface area contributed by atoms with Crippen LogP contribution >= 0.6 is 0 Å². The number of ether oxygens (including phenoxy) is 1. The molecule has 0 aliphatic carbocycles. The van der Waals surface area contributed by atoms with E-state index in [9.17, 15) is 4.79 Å². The maximum absolute atomic E-state index is 12.0. The van der Waals surface area contributed by atoms with E-state index < -0.39 is 0 Å². The van der Waals surface area contributed by atoms with Gasteiger partial charge in [-0.3, -0.25) is 4.79 Å². The molecule has 0 aliphatic heterocycles. The highest BCUT2D eigenvalue weighted by atomic mass is 16.5. The molecule has 100 valence electrons. The zero-order chi connectivity index (χ0) is 13.4. The molecule has 1 aromatic carbocycles. The Kier molecular flexibility index (Phi) is 6.00. The van der Waals surface area contributed by atoms with Crippen LogP contribution in [-0.4, -0.2) is 31.3 Å². The number of nitrogens with one attached hydrogen (secondary N) is 1. The average Bonchev–Trinajstić information content (AvgIpc) is 2.37. The summed E-state index contributed by atoms with van der Waals surface area (Å²) in [6.45, 7) is 0.754. The van der Waals surface area contributed by atoms with Crippen LogP contribution in [0.1, 0.15) is 29.6 Å². The van der Waals surface area contributed by atoms with Crippen molar-refractivity contribution in [2.75, 3.05) is 26.0 Å². The normalized spacial score (nSPS) is 10.1. The van der Waals surface area contributed by atoms with Crippen LogP contribution in [0.2, 0.25) is 0 Å². The molecule has 5 nitrogen and oxygen atoms in total. The van der Waals surface area contributed by atoms with Crippen LogP contribution in [0.15, 0.2) is 18.2 Å². The fourth-order valence-electron chi connectivity index (χ4n) is 1.67. The molecule has 0 atom stereocenters. The molecule has 0 spiro atoms. The van der Waals surface area contributed by atoms with E-state index in [1.54, 1.807) is 18.2 Å².